The zero-order valence-corrected chi connectivity index (χ0v) is 13.0. The monoisotopic (exact) mass is 315 g/mol. The lowest BCUT2D eigenvalue weighted by Gasteiger charge is -2.25. The van der Waals surface area contributed by atoms with Crippen LogP contribution >= 0.6 is 11.3 Å². The van der Waals surface area contributed by atoms with Crippen LogP contribution in [0.4, 0.5) is 5.13 Å². The third-order valence-corrected chi connectivity index (χ3v) is 4.63. The largest absolute Gasteiger partial charge is 0.335 e. The first kappa shape index (κ1) is 14.7. The zero-order chi connectivity index (χ0) is 15.5. The van der Waals surface area contributed by atoms with Crippen molar-refractivity contribution in [3.8, 4) is 0 Å². The van der Waals surface area contributed by atoms with E-state index in [0.29, 0.717) is 11.7 Å². The zero-order valence-electron chi connectivity index (χ0n) is 12.2. The van der Waals surface area contributed by atoms with Gasteiger partial charge in [-0.25, -0.2) is 4.98 Å². The van der Waals surface area contributed by atoms with E-state index in [-0.39, 0.29) is 30.2 Å². The summed E-state index contributed by atoms with van der Waals surface area (Å²) in [5.74, 6) is -0.427. The molecule has 0 unspecified atom stereocenters. The van der Waals surface area contributed by atoms with Crippen molar-refractivity contribution < 1.29 is 9.59 Å². The molecular formula is C16H17N3O2S. The predicted molar refractivity (Wildman–Crippen MR) is 85.4 cm³/mol. The lowest BCUT2D eigenvalue weighted by molar-refractivity contribution is -0.129. The van der Waals surface area contributed by atoms with Gasteiger partial charge in [-0.3, -0.25) is 9.59 Å². The second-order valence-electron chi connectivity index (χ2n) is 5.36. The molecule has 1 aromatic carbocycles. The average molecular weight is 315 g/mol. The molecule has 2 amide bonds. The minimum Gasteiger partial charge on any atom is -0.335 e. The van der Waals surface area contributed by atoms with E-state index in [1.165, 1.54) is 11.3 Å². The fraction of sp³-hybridized carbons (Fsp3) is 0.312. The number of hydrogen-bond donors (Lipinski definition) is 1. The number of likely N-dealkylation sites (tertiary alicyclic amines) is 1. The molecule has 0 saturated carbocycles. The van der Waals surface area contributed by atoms with Crippen molar-refractivity contribution in [1.29, 1.82) is 0 Å². The lowest BCUT2D eigenvalue weighted by Crippen LogP contribution is -2.30. The Balaban J connectivity index is 1.66. The summed E-state index contributed by atoms with van der Waals surface area (Å²) in [5, 5.41) is 5.15. The van der Waals surface area contributed by atoms with Crippen molar-refractivity contribution >= 4 is 28.3 Å². The number of carbonyl (C=O) groups excluding carboxylic acids is 2. The quantitative estimate of drug-likeness (QED) is 0.943. The molecule has 1 N–H and O–H groups in total. The average Bonchev–Trinajstić information content (AvgIpc) is 3.17. The Morgan fingerprint density at radius 2 is 2.18 bits per heavy atom. The maximum Gasteiger partial charge on any atom is 0.231 e. The van der Waals surface area contributed by atoms with Gasteiger partial charge in [0.05, 0.1) is 12.0 Å². The first-order valence-electron chi connectivity index (χ1n) is 7.20. The summed E-state index contributed by atoms with van der Waals surface area (Å²) in [6.07, 6.45) is 1.90. The van der Waals surface area contributed by atoms with Gasteiger partial charge in [-0.2, -0.15) is 0 Å². The highest BCUT2D eigenvalue weighted by Crippen LogP contribution is 2.29. The molecule has 5 nitrogen and oxygen atoms in total. The summed E-state index contributed by atoms with van der Waals surface area (Å²) in [4.78, 5) is 30.3. The Hall–Kier alpha value is -2.21. The third kappa shape index (κ3) is 3.01. The van der Waals surface area contributed by atoms with Crippen molar-refractivity contribution in [1.82, 2.24) is 9.88 Å². The van der Waals surface area contributed by atoms with Gasteiger partial charge in [0.2, 0.25) is 11.8 Å². The van der Waals surface area contributed by atoms with Crippen LogP contribution in [0.3, 0.4) is 0 Å². The molecule has 2 atom stereocenters. The van der Waals surface area contributed by atoms with Crippen LogP contribution in [0, 0.1) is 5.92 Å². The number of carbonyl (C=O) groups is 2. The number of rotatable bonds is 4. The maximum atomic E-state index is 12.2. The summed E-state index contributed by atoms with van der Waals surface area (Å²) in [6.45, 7) is 2.44. The van der Waals surface area contributed by atoms with Crippen LogP contribution in [0.15, 0.2) is 41.9 Å². The van der Waals surface area contributed by atoms with Crippen molar-refractivity contribution in [3.05, 3.63) is 47.5 Å². The first-order chi connectivity index (χ1) is 10.6. The number of benzene rings is 1. The molecule has 22 heavy (non-hydrogen) atoms. The first-order valence-corrected chi connectivity index (χ1v) is 8.08. The van der Waals surface area contributed by atoms with E-state index in [9.17, 15) is 9.59 Å². The van der Waals surface area contributed by atoms with E-state index in [0.717, 1.165) is 5.56 Å². The van der Waals surface area contributed by atoms with Crippen LogP contribution in [0.2, 0.25) is 0 Å². The van der Waals surface area contributed by atoms with Crippen LogP contribution in [0.1, 0.15) is 24.9 Å². The lowest BCUT2D eigenvalue weighted by atomic mass is 10.1. The Bertz CT molecular complexity index is 657. The molecule has 0 spiro atoms. The van der Waals surface area contributed by atoms with E-state index in [1.807, 2.05) is 37.3 Å². The maximum absolute atomic E-state index is 12.2. The van der Waals surface area contributed by atoms with Crippen molar-refractivity contribution in [2.45, 2.75) is 19.4 Å². The van der Waals surface area contributed by atoms with Crippen molar-refractivity contribution in [2.75, 3.05) is 11.9 Å². The number of hydrogen-bond acceptors (Lipinski definition) is 4. The van der Waals surface area contributed by atoms with Crippen LogP contribution in [0.25, 0.3) is 0 Å². The minimum absolute atomic E-state index is 0.0219. The highest BCUT2D eigenvalue weighted by molar-refractivity contribution is 7.13. The molecule has 0 radical (unpaired) electrons. The van der Waals surface area contributed by atoms with Gasteiger partial charge in [-0.15, -0.1) is 11.3 Å². The summed E-state index contributed by atoms with van der Waals surface area (Å²) >= 11 is 1.37. The van der Waals surface area contributed by atoms with E-state index in [4.69, 9.17) is 0 Å². The van der Waals surface area contributed by atoms with Gasteiger partial charge < -0.3 is 10.2 Å². The van der Waals surface area contributed by atoms with Gasteiger partial charge in [-0.05, 0) is 12.5 Å². The molecule has 2 aromatic rings. The molecule has 1 fully saturated rings. The van der Waals surface area contributed by atoms with E-state index in [1.54, 1.807) is 16.5 Å². The van der Waals surface area contributed by atoms with Gasteiger partial charge in [0.1, 0.15) is 0 Å². The topological polar surface area (TPSA) is 62.3 Å². The smallest absolute Gasteiger partial charge is 0.231 e. The summed E-state index contributed by atoms with van der Waals surface area (Å²) in [5.41, 5.74) is 1.08. The van der Waals surface area contributed by atoms with Gasteiger partial charge in [0, 0.05) is 24.5 Å². The molecule has 1 aliphatic rings. The summed E-state index contributed by atoms with van der Waals surface area (Å²) in [6, 6.07) is 9.85. The summed E-state index contributed by atoms with van der Waals surface area (Å²) in [7, 11) is 0. The molecule has 114 valence electrons. The second kappa shape index (κ2) is 6.27. The van der Waals surface area contributed by atoms with Gasteiger partial charge in [0.25, 0.3) is 0 Å². The third-order valence-electron chi connectivity index (χ3n) is 3.94. The van der Waals surface area contributed by atoms with Crippen LogP contribution < -0.4 is 5.32 Å². The number of aromatic nitrogens is 1. The molecular weight excluding hydrogens is 298 g/mol. The molecule has 6 heteroatoms. The van der Waals surface area contributed by atoms with Gasteiger partial charge in [-0.1, -0.05) is 30.3 Å². The van der Waals surface area contributed by atoms with E-state index < -0.39 is 0 Å². The van der Waals surface area contributed by atoms with Crippen molar-refractivity contribution in [2.24, 2.45) is 5.92 Å². The molecule has 3 rings (SSSR count). The normalized spacial score (nSPS) is 19.2. The highest BCUT2D eigenvalue weighted by atomic mass is 32.1. The summed E-state index contributed by atoms with van der Waals surface area (Å²) < 4.78 is 0. The molecule has 0 bridgehead atoms. The predicted octanol–water partition coefficient (Wildman–Crippen LogP) is 2.69. The van der Waals surface area contributed by atoms with Crippen LogP contribution in [-0.2, 0) is 9.59 Å². The fourth-order valence-corrected chi connectivity index (χ4v) is 3.22. The minimum atomic E-state index is -0.317. The van der Waals surface area contributed by atoms with Crippen LogP contribution in [0.5, 0.6) is 0 Å². The standard InChI is InChI=1S/C16H17N3O2S/c1-11(12-5-3-2-4-6-12)19-10-13(9-14(19)20)15(21)18-16-17-7-8-22-16/h2-8,11,13H,9-10H2,1H3,(H,17,18,21)/t11-,13+/m0/s1. The van der Waals surface area contributed by atoms with Crippen molar-refractivity contribution in [3.63, 3.8) is 0 Å². The van der Waals surface area contributed by atoms with E-state index >= 15 is 0 Å². The molecule has 1 saturated heterocycles. The Morgan fingerprint density at radius 1 is 1.41 bits per heavy atom. The SMILES string of the molecule is C[C@@H](c1ccccc1)N1C[C@H](C(=O)Nc2nccs2)CC1=O. The Labute approximate surface area is 133 Å². The van der Waals surface area contributed by atoms with Gasteiger partial charge in [0.15, 0.2) is 5.13 Å². The highest BCUT2D eigenvalue weighted by Gasteiger charge is 2.37. The molecule has 2 heterocycles. The number of nitrogens with one attached hydrogen (secondary N) is 1. The van der Waals surface area contributed by atoms with Gasteiger partial charge >= 0.3 is 0 Å². The fourth-order valence-electron chi connectivity index (χ4n) is 2.69. The second-order valence-corrected chi connectivity index (χ2v) is 6.25. The molecule has 0 aliphatic carbocycles. The number of anilines is 1. The number of amides is 2. The van der Waals surface area contributed by atoms with Crippen LogP contribution in [-0.4, -0.2) is 28.2 Å². The molecule has 1 aliphatic heterocycles. The number of thiazole rings is 1. The molecule has 1 aromatic heterocycles. The van der Waals surface area contributed by atoms with E-state index in [2.05, 4.69) is 10.3 Å². The number of nitrogens with zero attached hydrogens (tertiary/aromatic N) is 2. The Kier molecular flexibility index (Phi) is 4.20. The Morgan fingerprint density at radius 3 is 2.86 bits per heavy atom.